The molecule has 0 bridgehead atoms. The van der Waals surface area contributed by atoms with Crippen LogP contribution in [0.2, 0.25) is 0 Å². The van der Waals surface area contributed by atoms with Crippen LogP contribution in [0.1, 0.15) is 6.42 Å². The number of hydrogen-bond donors (Lipinski definition) is 3. The zero-order chi connectivity index (χ0) is 11.3. The van der Waals surface area contributed by atoms with Crippen LogP contribution in [0.4, 0.5) is 14.5 Å². The van der Waals surface area contributed by atoms with Crippen LogP contribution in [-0.2, 0) is 0 Å². The first-order valence-electron chi connectivity index (χ1n) is 4.68. The average molecular weight is 216 g/mol. The van der Waals surface area contributed by atoms with Gasteiger partial charge in [-0.1, -0.05) is 0 Å². The maximum Gasteiger partial charge on any atom is 0.128 e. The predicted octanol–water partition coefficient (Wildman–Crippen LogP) is 0.888. The fourth-order valence-corrected chi connectivity index (χ4v) is 1.21. The zero-order valence-electron chi connectivity index (χ0n) is 8.21. The molecule has 0 aliphatic carbocycles. The second-order valence-corrected chi connectivity index (χ2v) is 3.35. The first-order chi connectivity index (χ1) is 7.08. The normalized spacial score (nSPS) is 19.5. The Balaban J connectivity index is 0.000000162. The fraction of sp³-hybridized carbons (Fsp3) is 0.400. The minimum Gasteiger partial charge on any atom is -0.399 e. The third-order valence-corrected chi connectivity index (χ3v) is 1.92. The lowest BCUT2D eigenvalue weighted by Crippen LogP contribution is -2.11. The predicted molar refractivity (Wildman–Crippen MR) is 54.3 cm³/mol. The van der Waals surface area contributed by atoms with Crippen LogP contribution in [0.5, 0.6) is 0 Å². The molecule has 1 aromatic carbocycles. The molecule has 0 spiro atoms. The standard InChI is InChI=1S/C6H5F2N.C4H9NO/c7-4-1-5(8)3-6(9)2-4;6-4-1-2-5-3-4/h1-3H,9H2;4-6H,1-3H2. The molecule has 1 aliphatic heterocycles. The summed E-state index contributed by atoms with van der Waals surface area (Å²) in [7, 11) is 0. The molecule has 3 nitrogen and oxygen atoms in total. The van der Waals surface area contributed by atoms with E-state index in [0.29, 0.717) is 0 Å². The summed E-state index contributed by atoms with van der Waals surface area (Å²) in [4.78, 5) is 0. The Kier molecular flexibility index (Phi) is 4.45. The van der Waals surface area contributed by atoms with Gasteiger partial charge in [-0.3, -0.25) is 0 Å². The van der Waals surface area contributed by atoms with E-state index in [4.69, 9.17) is 10.8 Å². The van der Waals surface area contributed by atoms with Crippen molar-refractivity contribution in [1.82, 2.24) is 5.32 Å². The van der Waals surface area contributed by atoms with E-state index < -0.39 is 11.6 Å². The van der Waals surface area contributed by atoms with Gasteiger partial charge in [0, 0.05) is 18.3 Å². The Bertz CT molecular complexity index is 264. The van der Waals surface area contributed by atoms with Gasteiger partial charge in [0.15, 0.2) is 0 Å². The van der Waals surface area contributed by atoms with Crippen LogP contribution in [0.3, 0.4) is 0 Å². The largest absolute Gasteiger partial charge is 0.399 e. The first-order valence-corrected chi connectivity index (χ1v) is 4.68. The van der Waals surface area contributed by atoms with Crippen molar-refractivity contribution in [2.45, 2.75) is 12.5 Å². The fourth-order valence-electron chi connectivity index (χ4n) is 1.21. The quantitative estimate of drug-likeness (QED) is 0.564. The topological polar surface area (TPSA) is 58.3 Å². The Morgan fingerprint density at radius 3 is 2.13 bits per heavy atom. The molecule has 4 N–H and O–H groups in total. The minimum absolute atomic E-state index is 0.0648. The van der Waals surface area contributed by atoms with Crippen molar-refractivity contribution in [3.05, 3.63) is 29.8 Å². The van der Waals surface area contributed by atoms with Crippen molar-refractivity contribution in [3.63, 3.8) is 0 Å². The summed E-state index contributed by atoms with van der Waals surface area (Å²) in [5, 5.41) is 11.7. The molecule has 1 atom stereocenters. The van der Waals surface area contributed by atoms with Crippen LogP contribution in [0, 0.1) is 11.6 Å². The third kappa shape index (κ3) is 4.71. The molecule has 1 unspecified atom stereocenters. The van der Waals surface area contributed by atoms with E-state index in [1.54, 1.807) is 0 Å². The molecular formula is C10H14F2N2O. The van der Waals surface area contributed by atoms with Crippen molar-refractivity contribution in [2.24, 2.45) is 0 Å². The van der Waals surface area contributed by atoms with Gasteiger partial charge in [-0.25, -0.2) is 8.78 Å². The number of halogens is 2. The number of anilines is 1. The summed E-state index contributed by atoms with van der Waals surface area (Å²) in [5.41, 5.74) is 5.18. The van der Waals surface area contributed by atoms with E-state index in [1.165, 1.54) is 0 Å². The highest BCUT2D eigenvalue weighted by atomic mass is 19.1. The van der Waals surface area contributed by atoms with Gasteiger partial charge in [-0.2, -0.15) is 0 Å². The number of nitrogens with two attached hydrogens (primary N) is 1. The van der Waals surface area contributed by atoms with Gasteiger partial charge in [0.2, 0.25) is 0 Å². The van der Waals surface area contributed by atoms with Gasteiger partial charge >= 0.3 is 0 Å². The smallest absolute Gasteiger partial charge is 0.128 e. The minimum atomic E-state index is -0.646. The van der Waals surface area contributed by atoms with Crippen molar-refractivity contribution in [1.29, 1.82) is 0 Å². The average Bonchev–Trinajstić information content (AvgIpc) is 2.54. The van der Waals surface area contributed by atoms with Crippen LogP contribution in [0.25, 0.3) is 0 Å². The zero-order valence-corrected chi connectivity index (χ0v) is 8.21. The second-order valence-electron chi connectivity index (χ2n) is 3.35. The number of hydrogen-bond acceptors (Lipinski definition) is 3. The number of aliphatic hydroxyl groups excluding tert-OH is 1. The van der Waals surface area contributed by atoms with Gasteiger partial charge in [-0.15, -0.1) is 0 Å². The molecule has 2 rings (SSSR count). The monoisotopic (exact) mass is 216 g/mol. The summed E-state index contributed by atoms with van der Waals surface area (Å²) >= 11 is 0. The van der Waals surface area contributed by atoms with Gasteiger partial charge in [0.1, 0.15) is 11.6 Å². The summed E-state index contributed by atoms with van der Waals surface area (Å²) in [6, 6.07) is 2.89. The molecule has 1 fully saturated rings. The van der Waals surface area contributed by atoms with Crippen molar-refractivity contribution in [3.8, 4) is 0 Å². The van der Waals surface area contributed by atoms with E-state index in [1.807, 2.05) is 0 Å². The third-order valence-electron chi connectivity index (χ3n) is 1.92. The molecule has 1 heterocycles. The molecule has 1 aliphatic rings. The molecule has 84 valence electrons. The van der Waals surface area contributed by atoms with Crippen LogP contribution in [0.15, 0.2) is 18.2 Å². The number of benzene rings is 1. The molecule has 15 heavy (non-hydrogen) atoms. The van der Waals surface area contributed by atoms with E-state index in [2.05, 4.69) is 5.32 Å². The lowest BCUT2D eigenvalue weighted by molar-refractivity contribution is 0.196. The van der Waals surface area contributed by atoms with Crippen molar-refractivity contribution < 1.29 is 13.9 Å². The maximum absolute atomic E-state index is 12.1. The molecule has 0 saturated carbocycles. The van der Waals surface area contributed by atoms with E-state index in [0.717, 1.165) is 37.7 Å². The Morgan fingerprint density at radius 1 is 1.27 bits per heavy atom. The second kappa shape index (κ2) is 5.63. The molecule has 1 aromatic rings. The SMILES string of the molecule is Nc1cc(F)cc(F)c1.OC1CCNC1. The summed E-state index contributed by atoms with van der Waals surface area (Å²) < 4.78 is 24.2. The summed E-state index contributed by atoms with van der Waals surface area (Å²) in [5.74, 6) is -1.29. The molecule has 0 radical (unpaired) electrons. The highest BCUT2D eigenvalue weighted by Gasteiger charge is 2.08. The first kappa shape index (κ1) is 11.9. The number of rotatable bonds is 0. The number of nitrogen functional groups attached to an aromatic ring is 1. The van der Waals surface area contributed by atoms with E-state index in [9.17, 15) is 8.78 Å². The highest BCUT2D eigenvalue weighted by molar-refractivity contribution is 5.37. The Morgan fingerprint density at radius 2 is 1.87 bits per heavy atom. The Hall–Kier alpha value is -1.20. The van der Waals surface area contributed by atoms with Crippen molar-refractivity contribution in [2.75, 3.05) is 18.8 Å². The summed E-state index contributed by atoms with van der Waals surface area (Å²) in [6.45, 7) is 1.78. The van der Waals surface area contributed by atoms with Gasteiger partial charge in [-0.05, 0) is 25.1 Å². The number of aliphatic hydroxyl groups is 1. The van der Waals surface area contributed by atoms with Gasteiger partial charge in [0.25, 0.3) is 0 Å². The molecular weight excluding hydrogens is 202 g/mol. The van der Waals surface area contributed by atoms with Gasteiger partial charge < -0.3 is 16.2 Å². The lowest BCUT2D eigenvalue weighted by Gasteiger charge is -1.91. The molecule has 0 aromatic heterocycles. The maximum atomic E-state index is 12.1. The Labute approximate surface area is 86.9 Å². The van der Waals surface area contributed by atoms with Crippen molar-refractivity contribution >= 4 is 5.69 Å². The number of β-amino-alcohol motifs (C(OH)–C–C–N with tert-alkyl or cyclic N) is 1. The van der Waals surface area contributed by atoms with Crippen LogP contribution < -0.4 is 11.1 Å². The van der Waals surface area contributed by atoms with E-state index >= 15 is 0 Å². The van der Waals surface area contributed by atoms with E-state index in [-0.39, 0.29) is 11.8 Å². The van der Waals surface area contributed by atoms with Crippen LogP contribution >= 0.6 is 0 Å². The van der Waals surface area contributed by atoms with Gasteiger partial charge in [0.05, 0.1) is 6.10 Å². The highest BCUT2D eigenvalue weighted by Crippen LogP contribution is 2.07. The lowest BCUT2D eigenvalue weighted by atomic mass is 10.3. The van der Waals surface area contributed by atoms with Crippen LogP contribution in [-0.4, -0.2) is 24.3 Å². The molecule has 0 amide bonds. The molecule has 1 saturated heterocycles. The molecule has 5 heteroatoms. The summed E-state index contributed by atoms with van der Waals surface area (Å²) in [6.07, 6.45) is 0.866. The number of nitrogens with one attached hydrogen (secondary N) is 1.